The molecule has 4 aromatic carbocycles. The first kappa shape index (κ1) is 24.9. The molecule has 0 bridgehead atoms. The lowest BCUT2D eigenvalue weighted by Gasteiger charge is -2.20. The third-order valence-corrected chi connectivity index (χ3v) is 6.58. The quantitative estimate of drug-likeness (QED) is 0.271. The summed E-state index contributed by atoms with van der Waals surface area (Å²) in [5, 5.41) is 10.0. The Bertz CT molecular complexity index is 1560. The Morgan fingerprint density at radius 1 is 0.842 bits per heavy atom. The first-order chi connectivity index (χ1) is 18.5. The molecule has 38 heavy (non-hydrogen) atoms. The summed E-state index contributed by atoms with van der Waals surface area (Å²) in [6.07, 6.45) is 0. The molecule has 5 rings (SSSR count). The maximum absolute atomic E-state index is 13.2. The fourth-order valence-electron chi connectivity index (χ4n) is 4.64. The predicted molar refractivity (Wildman–Crippen MR) is 149 cm³/mol. The highest BCUT2D eigenvalue weighted by Gasteiger charge is 2.17. The number of benzene rings is 4. The minimum absolute atomic E-state index is 0.0937. The van der Waals surface area contributed by atoms with Crippen molar-refractivity contribution in [2.24, 2.45) is 0 Å². The molecule has 7 nitrogen and oxygen atoms in total. The van der Waals surface area contributed by atoms with E-state index >= 15 is 0 Å². The van der Waals surface area contributed by atoms with Crippen LogP contribution in [0.2, 0.25) is 0 Å². The van der Waals surface area contributed by atoms with Crippen LogP contribution >= 0.6 is 0 Å². The summed E-state index contributed by atoms with van der Waals surface area (Å²) < 4.78 is 16.3. The van der Waals surface area contributed by atoms with E-state index in [0.717, 1.165) is 28.1 Å². The van der Waals surface area contributed by atoms with Crippen LogP contribution in [-0.4, -0.2) is 49.4 Å². The first-order valence-corrected chi connectivity index (χ1v) is 12.2. The molecule has 0 aliphatic rings. The molecular formula is C31H29N3O4. The van der Waals surface area contributed by atoms with Crippen molar-refractivity contribution < 1.29 is 19.0 Å². The number of nitrogens with one attached hydrogen (secondary N) is 1. The second kappa shape index (κ2) is 10.7. The van der Waals surface area contributed by atoms with Gasteiger partial charge in [-0.3, -0.25) is 9.89 Å². The highest BCUT2D eigenvalue weighted by atomic mass is 16.5. The molecule has 0 atom stereocenters. The smallest absolute Gasteiger partial charge is 0.253 e. The van der Waals surface area contributed by atoms with Gasteiger partial charge in [0, 0.05) is 30.3 Å². The molecule has 0 saturated heterocycles. The zero-order valence-electron chi connectivity index (χ0n) is 21.8. The van der Waals surface area contributed by atoms with E-state index in [2.05, 4.69) is 34.5 Å². The van der Waals surface area contributed by atoms with Crippen LogP contribution in [0.4, 0.5) is 0 Å². The number of carbonyl (C=O) groups is 1. The topological polar surface area (TPSA) is 76.7 Å². The van der Waals surface area contributed by atoms with Gasteiger partial charge in [-0.2, -0.15) is 5.10 Å². The van der Waals surface area contributed by atoms with E-state index in [1.54, 1.807) is 33.3 Å². The molecule has 1 heterocycles. The molecule has 7 heteroatoms. The average Bonchev–Trinajstić information content (AvgIpc) is 3.46. The molecule has 0 saturated carbocycles. The number of aromatic amines is 1. The van der Waals surface area contributed by atoms with Gasteiger partial charge in [-0.15, -0.1) is 0 Å². The Morgan fingerprint density at radius 2 is 1.53 bits per heavy atom. The highest BCUT2D eigenvalue weighted by Crippen LogP contribution is 2.38. The molecule has 0 radical (unpaired) electrons. The monoisotopic (exact) mass is 507 g/mol. The van der Waals surface area contributed by atoms with Crippen molar-refractivity contribution in [2.45, 2.75) is 6.54 Å². The SMILES string of the molecule is COc1cc(CN(C)C(=O)c2ccc(-c3cc(-c4cccc5ccccc45)[nH]n3)cc2)cc(OC)c1OC. The lowest BCUT2D eigenvalue weighted by molar-refractivity contribution is 0.0785. The highest BCUT2D eigenvalue weighted by molar-refractivity contribution is 5.96. The van der Waals surface area contributed by atoms with E-state index in [0.29, 0.717) is 29.4 Å². The van der Waals surface area contributed by atoms with E-state index in [4.69, 9.17) is 14.2 Å². The molecule has 5 aromatic rings. The van der Waals surface area contributed by atoms with Crippen molar-refractivity contribution in [1.82, 2.24) is 15.1 Å². The Kier molecular flexibility index (Phi) is 7.00. The number of ether oxygens (including phenoxy) is 3. The van der Waals surface area contributed by atoms with E-state index in [1.165, 1.54) is 10.8 Å². The summed E-state index contributed by atoms with van der Waals surface area (Å²) in [7, 11) is 6.47. The number of amides is 1. The Morgan fingerprint density at radius 3 is 2.21 bits per heavy atom. The zero-order valence-corrected chi connectivity index (χ0v) is 21.8. The van der Waals surface area contributed by atoms with Gasteiger partial charge in [0.25, 0.3) is 5.91 Å². The molecule has 0 fully saturated rings. The van der Waals surface area contributed by atoms with E-state index in [1.807, 2.05) is 60.7 Å². The zero-order chi connectivity index (χ0) is 26.6. The van der Waals surface area contributed by atoms with Gasteiger partial charge in [0.1, 0.15) is 0 Å². The lowest BCUT2D eigenvalue weighted by atomic mass is 10.0. The number of hydrogen-bond donors (Lipinski definition) is 1. The van der Waals surface area contributed by atoms with E-state index in [9.17, 15) is 4.79 Å². The van der Waals surface area contributed by atoms with Crippen molar-refractivity contribution in [2.75, 3.05) is 28.4 Å². The Balaban J connectivity index is 1.33. The maximum Gasteiger partial charge on any atom is 0.253 e. The van der Waals surface area contributed by atoms with Crippen molar-refractivity contribution in [3.8, 4) is 39.8 Å². The third-order valence-electron chi connectivity index (χ3n) is 6.58. The van der Waals surface area contributed by atoms with Gasteiger partial charge in [0.2, 0.25) is 5.75 Å². The maximum atomic E-state index is 13.2. The number of rotatable bonds is 8. The van der Waals surface area contributed by atoms with Crippen LogP contribution in [0.25, 0.3) is 33.3 Å². The molecule has 1 amide bonds. The van der Waals surface area contributed by atoms with E-state index in [-0.39, 0.29) is 5.91 Å². The third kappa shape index (κ3) is 4.78. The van der Waals surface area contributed by atoms with Crippen molar-refractivity contribution in [3.05, 3.63) is 96.1 Å². The van der Waals surface area contributed by atoms with Crippen LogP contribution in [0.5, 0.6) is 17.2 Å². The van der Waals surface area contributed by atoms with Gasteiger partial charge in [0.05, 0.1) is 32.7 Å². The van der Waals surface area contributed by atoms with Crippen LogP contribution in [0.15, 0.2) is 84.9 Å². The van der Waals surface area contributed by atoms with E-state index < -0.39 is 0 Å². The summed E-state index contributed by atoms with van der Waals surface area (Å²) in [6, 6.07) is 27.8. The van der Waals surface area contributed by atoms with Crippen LogP contribution in [-0.2, 0) is 6.54 Å². The van der Waals surface area contributed by atoms with Gasteiger partial charge >= 0.3 is 0 Å². The first-order valence-electron chi connectivity index (χ1n) is 12.2. The number of aromatic nitrogens is 2. The number of nitrogens with zero attached hydrogens (tertiary/aromatic N) is 2. The van der Waals surface area contributed by atoms with Crippen molar-refractivity contribution >= 4 is 16.7 Å². The van der Waals surface area contributed by atoms with Gasteiger partial charge in [-0.25, -0.2) is 0 Å². The molecule has 0 aliphatic carbocycles. The number of carbonyl (C=O) groups excluding carboxylic acids is 1. The van der Waals surface area contributed by atoms with Crippen LogP contribution < -0.4 is 14.2 Å². The molecule has 0 spiro atoms. The average molecular weight is 508 g/mol. The van der Waals surface area contributed by atoms with Gasteiger partial charge in [0.15, 0.2) is 11.5 Å². The fourth-order valence-corrected chi connectivity index (χ4v) is 4.64. The number of fused-ring (bicyclic) bond motifs is 1. The molecule has 192 valence electrons. The second-order valence-corrected chi connectivity index (χ2v) is 8.97. The van der Waals surface area contributed by atoms with Crippen molar-refractivity contribution in [3.63, 3.8) is 0 Å². The molecule has 0 unspecified atom stereocenters. The van der Waals surface area contributed by atoms with Crippen LogP contribution in [0.3, 0.4) is 0 Å². The molecule has 1 N–H and O–H groups in total. The van der Waals surface area contributed by atoms with Crippen LogP contribution in [0, 0.1) is 0 Å². The number of H-pyrrole nitrogens is 1. The molecular weight excluding hydrogens is 478 g/mol. The van der Waals surface area contributed by atoms with Crippen LogP contribution in [0.1, 0.15) is 15.9 Å². The molecule has 0 aliphatic heterocycles. The molecule has 1 aromatic heterocycles. The second-order valence-electron chi connectivity index (χ2n) is 8.97. The summed E-state index contributed by atoms with van der Waals surface area (Å²) >= 11 is 0. The minimum Gasteiger partial charge on any atom is -0.493 e. The number of hydrogen-bond acceptors (Lipinski definition) is 5. The van der Waals surface area contributed by atoms with Gasteiger partial charge in [-0.1, -0.05) is 54.6 Å². The minimum atomic E-state index is -0.0937. The largest absolute Gasteiger partial charge is 0.493 e. The Hall–Kier alpha value is -4.78. The van der Waals surface area contributed by atoms with Gasteiger partial charge < -0.3 is 19.1 Å². The Labute approximate surface area is 221 Å². The summed E-state index contributed by atoms with van der Waals surface area (Å²) in [6.45, 7) is 0.380. The summed E-state index contributed by atoms with van der Waals surface area (Å²) in [5.74, 6) is 1.52. The normalized spacial score (nSPS) is 10.8. The number of methoxy groups -OCH3 is 3. The summed E-state index contributed by atoms with van der Waals surface area (Å²) in [4.78, 5) is 14.8. The summed E-state index contributed by atoms with van der Waals surface area (Å²) in [5.41, 5.74) is 5.25. The predicted octanol–water partition coefficient (Wildman–Crippen LogP) is 6.19. The van der Waals surface area contributed by atoms with Crippen molar-refractivity contribution in [1.29, 1.82) is 0 Å². The fraction of sp³-hybridized carbons (Fsp3) is 0.161. The lowest BCUT2D eigenvalue weighted by Crippen LogP contribution is -2.26. The van der Waals surface area contributed by atoms with Gasteiger partial charge in [-0.05, 0) is 46.7 Å². The standard InChI is InChI=1S/C31H29N3O4/c1-34(19-20-16-28(36-2)30(38-4)29(17-20)37-3)31(35)23-14-12-22(13-15-23)26-18-27(33-32-26)25-11-7-9-21-8-5-6-10-24(21)25/h5-18H,19H2,1-4H3,(H,32,33).